The first-order valence-corrected chi connectivity index (χ1v) is 5.44. The number of nitrogens with zero attached hydrogens (tertiary/aromatic N) is 1. The fraction of sp³-hybridized carbons (Fsp3) is 0.889. The Bertz CT molecular complexity index is 264. The SMILES string of the molecule is CCOC1(C(F)(F)F)CN(C(=O)CCCl)C1. The van der Waals surface area contributed by atoms with Crippen LogP contribution in [-0.4, -0.2) is 48.2 Å². The lowest BCUT2D eigenvalue weighted by Crippen LogP contribution is -2.71. The average molecular weight is 260 g/mol. The molecular formula is C9H13ClF3NO2. The number of carbonyl (C=O) groups is 1. The van der Waals surface area contributed by atoms with Gasteiger partial charge in [-0.3, -0.25) is 4.79 Å². The lowest BCUT2D eigenvalue weighted by molar-refractivity contribution is -0.313. The van der Waals surface area contributed by atoms with Crippen molar-refractivity contribution in [3.8, 4) is 0 Å². The van der Waals surface area contributed by atoms with Gasteiger partial charge in [-0.25, -0.2) is 0 Å². The maximum atomic E-state index is 12.7. The van der Waals surface area contributed by atoms with Gasteiger partial charge in [-0.15, -0.1) is 11.6 Å². The van der Waals surface area contributed by atoms with E-state index in [0.29, 0.717) is 0 Å². The van der Waals surface area contributed by atoms with Gasteiger partial charge in [0.1, 0.15) is 0 Å². The van der Waals surface area contributed by atoms with Crippen molar-refractivity contribution < 1.29 is 22.7 Å². The molecule has 1 heterocycles. The number of hydrogen-bond acceptors (Lipinski definition) is 2. The van der Waals surface area contributed by atoms with Crippen LogP contribution in [0.1, 0.15) is 13.3 Å². The van der Waals surface area contributed by atoms with E-state index in [-0.39, 0.29) is 24.8 Å². The quantitative estimate of drug-likeness (QED) is 0.721. The molecule has 1 rings (SSSR count). The van der Waals surface area contributed by atoms with E-state index in [0.717, 1.165) is 4.90 Å². The third kappa shape index (κ3) is 2.43. The zero-order chi connectivity index (χ0) is 12.4. The lowest BCUT2D eigenvalue weighted by Gasteiger charge is -2.49. The molecule has 0 saturated carbocycles. The molecular weight excluding hydrogens is 247 g/mol. The van der Waals surface area contributed by atoms with Crippen molar-refractivity contribution >= 4 is 17.5 Å². The van der Waals surface area contributed by atoms with Crippen LogP contribution >= 0.6 is 11.6 Å². The number of alkyl halides is 4. The number of likely N-dealkylation sites (tertiary alicyclic amines) is 1. The Kier molecular flexibility index (Phi) is 4.07. The number of carbonyl (C=O) groups excluding carboxylic acids is 1. The van der Waals surface area contributed by atoms with Crippen LogP contribution in [-0.2, 0) is 9.53 Å². The fourth-order valence-corrected chi connectivity index (χ4v) is 1.78. The molecule has 0 bridgehead atoms. The molecule has 0 aromatic carbocycles. The molecule has 0 spiro atoms. The summed E-state index contributed by atoms with van der Waals surface area (Å²) in [4.78, 5) is 12.4. The summed E-state index contributed by atoms with van der Waals surface area (Å²) in [6, 6.07) is 0. The molecule has 7 heteroatoms. The zero-order valence-electron chi connectivity index (χ0n) is 8.81. The second kappa shape index (κ2) is 4.79. The Balaban J connectivity index is 2.59. The maximum Gasteiger partial charge on any atom is 0.420 e. The van der Waals surface area contributed by atoms with Gasteiger partial charge in [0.2, 0.25) is 5.91 Å². The van der Waals surface area contributed by atoms with Crippen molar-refractivity contribution in [3.63, 3.8) is 0 Å². The predicted octanol–water partition coefficient (Wildman–Crippen LogP) is 1.80. The molecule has 0 N–H and O–H groups in total. The van der Waals surface area contributed by atoms with Crippen LogP contribution < -0.4 is 0 Å². The molecule has 1 aliphatic heterocycles. The molecule has 1 aliphatic rings. The molecule has 3 nitrogen and oxygen atoms in total. The molecule has 0 unspecified atom stereocenters. The molecule has 0 atom stereocenters. The van der Waals surface area contributed by atoms with Crippen molar-refractivity contribution in [3.05, 3.63) is 0 Å². The first kappa shape index (κ1) is 13.6. The van der Waals surface area contributed by atoms with Gasteiger partial charge in [0.15, 0.2) is 5.60 Å². The second-order valence-electron chi connectivity index (χ2n) is 3.61. The van der Waals surface area contributed by atoms with Gasteiger partial charge < -0.3 is 9.64 Å². The highest BCUT2D eigenvalue weighted by Crippen LogP contribution is 2.41. The van der Waals surface area contributed by atoms with E-state index in [4.69, 9.17) is 16.3 Å². The minimum absolute atomic E-state index is 0.0307. The molecule has 0 radical (unpaired) electrons. The summed E-state index contributed by atoms with van der Waals surface area (Å²) in [5, 5.41) is 0. The number of ether oxygens (including phenoxy) is 1. The molecule has 0 aliphatic carbocycles. The molecule has 0 aromatic rings. The van der Waals surface area contributed by atoms with Crippen LogP contribution in [0.4, 0.5) is 13.2 Å². The molecule has 0 aromatic heterocycles. The maximum absolute atomic E-state index is 12.7. The summed E-state index contributed by atoms with van der Waals surface area (Å²) in [7, 11) is 0. The smallest absolute Gasteiger partial charge is 0.362 e. The van der Waals surface area contributed by atoms with E-state index < -0.39 is 24.9 Å². The van der Waals surface area contributed by atoms with Crippen LogP contribution in [0.15, 0.2) is 0 Å². The van der Waals surface area contributed by atoms with Crippen molar-refractivity contribution in [1.82, 2.24) is 4.90 Å². The molecule has 1 saturated heterocycles. The summed E-state index contributed by atoms with van der Waals surface area (Å²) < 4.78 is 42.8. The zero-order valence-corrected chi connectivity index (χ0v) is 9.57. The second-order valence-corrected chi connectivity index (χ2v) is 3.99. The van der Waals surface area contributed by atoms with Crippen molar-refractivity contribution in [2.24, 2.45) is 0 Å². The highest BCUT2D eigenvalue weighted by atomic mass is 35.5. The van der Waals surface area contributed by atoms with Gasteiger partial charge in [-0.1, -0.05) is 0 Å². The van der Waals surface area contributed by atoms with Crippen molar-refractivity contribution in [2.45, 2.75) is 25.1 Å². The summed E-state index contributed by atoms with van der Waals surface area (Å²) in [5.41, 5.74) is -2.18. The third-order valence-corrected chi connectivity index (χ3v) is 2.68. The summed E-state index contributed by atoms with van der Waals surface area (Å²) in [6.07, 6.45) is -4.39. The monoisotopic (exact) mass is 259 g/mol. The number of amides is 1. The van der Waals surface area contributed by atoms with Gasteiger partial charge in [-0.05, 0) is 6.92 Å². The van der Waals surface area contributed by atoms with Crippen LogP contribution in [0.5, 0.6) is 0 Å². The minimum Gasteiger partial charge on any atom is -0.362 e. The lowest BCUT2D eigenvalue weighted by atomic mass is 9.92. The molecule has 16 heavy (non-hydrogen) atoms. The van der Waals surface area contributed by atoms with E-state index in [1.807, 2.05) is 0 Å². The molecule has 1 amide bonds. The standard InChI is InChI=1S/C9H13ClF3NO2/c1-2-16-8(9(11,12)13)5-14(6-8)7(15)3-4-10/h2-6H2,1H3. The van der Waals surface area contributed by atoms with E-state index in [1.54, 1.807) is 0 Å². The Hall–Kier alpha value is -0.490. The number of hydrogen-bond donors (Lipinski definition) is 0. The number of halogens is 4. The van der Waals surface area contributed by atoms with Gasteiger partial charge in [-0.2, -0.15) is 13.2 Å². The first-order chi connectivity index (χ1) is 7.36. The van der Waals surface area contributed by atoms with Crippen LogP contribution in [0.25, 0.3) is 0 Å². The largest absolute Gasteiger partial charge is 0.420 e. The molecule has 1 fully saturated rings. The fourth-order valence-electron chi connectivity index (χ4n) is 1.61. The van der Waals surface area contributed by atoms with E-state index in [2.05, 4.69) is 0 Å². The van der Waals surface area contributed by atoms with E-state index >= 15 is 0 Å². The third-order valence-electron chi connectivity index (χ3n) is 2.49. The number of rotatable bonds is 4. The van der Waals surface area contributed by atoms with Gasteiger partial charge >= 0.3 is 6.18 Å². The first-order valence-electron chi connectivity index (χ1n) is 4.90. The van der Waals surface area contributed by atoms with Crippen LogP contribution in [0.3, 0.4) is 0 Å². The summed E-state index contributed by atoms with van der Waals surface area (Å²) in [6.45, 7) is 0.605. The van der Waals surface area contributed by atoms with Gasteiger partial charge in [0, 0.05) is 18.9 Å². The Morgan fingerprint density at radius 2 is 2.06 bits per heavy atom. The summed E-state index contributed by atoms with van der Waals surface area (Å²) in [5.74, 6) is -0.252. The normalized spacial score (nSPS) is 19.4. The topological polar surface area (TPSA) is 29.5 Å². The predicted molar refractivity (Wildman–Crippen MR) is 52.3 cm³/mol. The average Bonchev–Trinajstić information content (AvgIpc) is 2.08. The Morgan fingerprint density at radius 3 is 2.44 bits per heavy atom. The Labute approximate surface area is 96.5 Å². The van der Waals surface area contributed by atoms with Crippen molar-refractivity contribution in [2.75, 3.05) is 25.6 Å². The van der Waals surface area contributed by atoms with Gasteiger partial charge in [0.05, 0.1) is 13.1 Å². The molecule has 94 valence electrons. The van der Waals surface area contributed by atoms with Crippen LogP contribution in [0.2, 0.25) is 0 Å². The minimum atomic E-state index is -4.44. The highest BCUT2D eigenvalue weighted by molar-refractivity contribution is 6.18. The Morgan fingerprint density at radius 1 is 1.50 bits per heavy atom. The van der Waals surface area contributed by atoms with E-state index in [9.17, 15) is 18.0 Å². The van der Waals surface area contributed by atoms with Gasteiger partial charge in [0.25, 0.3) is 0 Å². The van der Waals surface area contributed by atoms with Crippen molar-refractivity contribution in [1.29, 1.82) is 0 Å². The van der Waals surface area contributed by atoms with Crippen LogP contribution in [0, 0.1) is 0 Å². The van der Waals surface area contributed by atoms with E-state index in [1.165, 1.54) is 6.92 Å². The summed E-state index contributed by atoms with van der Waals surface area (Å²) >= 11 is 5.34. The highest BCUT2D eigenvalue weighted by Gasteiger charge is 2.63.